The van der Waals surface area contributed by atoms with E-state index in [0.717, 1.165) is 12.8 Å². The zero-order chi connectivity index (χ0) is 16.6. The Morgan fingerprint density at radius 1 is 1.39 bits per heavy atom. The molecule has 0 saturated heterocycles. The molecule has 0 N–H and O–H groups in total. The van der Waals surface area contributed by atoms with Crippen molar-refractivity contribution in [3.8, 4) is 0 Å². The van der Waals surface area contributed by atoms with Crippen molar-refractivity contribution in [2.75, 3.05) is 6.26 Å². The minimum absolute atomic E-state index is 0.239. The molecule has 1 aliphatic rings. The molecule has 23 heavy (non-hydrogen) atoms. The lowest BCUT2D eigenvalue weighted by Gasteiger charge is -2.11. The van der Waals surface area contributed by atoms with E-state index in [0.29, 0.717) is 43.5 Å². The highest BCUT2D eigenvalue weighted by Gasteiger charge is 2.34. The number of ketones is 1. The second-order valence-corrected chi connectivity index (χ2v) is 7.64. The summed E-state index contributed by atoms with van der Waals surface area (Å²) in [7, 11) is 0. The quantitative estimate of drug-likeness (QED) is 0.470. The van der Waals surface area contributed by atoms with Crippen LogP contribution in [0.2, 0.25) is 0 Å². The number of aromatic nitrogens is 1. The highest BCUT2D eigenvalue weighted by atomic mass is 32.2. The van der Waals surface area contributed by atoms with Crippen molar-refractivity contribution in [2.45, 2.75) is 30.6 Å². The Morgan fingerprint density at radius 2 is 2.13 bits per heavy atom. The SMILES string of the molecule is CC(=S=O)c1ccc(C(=O)c2cnoc2C2CC2)c([S+](C)[O-])c1. The van der Waals surface area contributed by atoms with Crippen molar-refractivity contribution in [3.05, 3.63) is 46.8 Å². The molecule has 1 heterocycles. The van der Waals surface area contributed by atoms with E-state index in [1.807, 2.05) is 0 Å². The predicted octanol–water partition coefficient (Wildman–Crippen LogP) is 2.27. The van der Waals surface area contributed by atoms with E-state index in [2.05, 4.69) is 5.16 Å². The molecule has 3 rings (SSSR count). The summed E-state index contributed by atoms with van der Waals surface area (Å²) in [6.45, 7) is 1.70. The van der Waals surface area contributed by atoms with Gasteiger partial charge in [-0.15, -0.1) is 0 Å². The van der Waals surface area contributed by atoms with E-state index in [9.17, 15) is 13.6 Å². The van der Waals surface area contributed by atoms with Crippen LogP contribution in [0.25, 0.3) is 0 Å². The second kappa shape index (κ2) is 6.43. The zero-order valence-corrected chi connectivity index (χ0v) is 14.3. The van der Waals surface area contributed by atoms with Gasteiger partial charge in [0.1, 0.15) is 6.26 Å². The second-order valence-electron chi connectivity index (χ2n) is 5.51. The average Bonchev–Trinajstić information content (AvgIpc) is 3.29. The molecule has 1 saturated carbocycles. The summed E-state index contributed by atoms with van der Waals surface area (Å²) in [5.41, 5.74) is 1.48. The van der Waals surface area contributed by atoms with Crippen LogP contribution in [-0.4, -0.2) is 30.8 Å². The Kier molecular flexibility index (Phi) is 4.52. The van der Waals surface area contributed by atoms with Crippen molar-refractivity contribution in [1.29, 1.82) is 0 Å². The maximum Gasteiger partial charge on any atom is 0.203 e. The van der Waals surface area contributed by atoms with Gasteiger partial charge in [-0.1, -0.05) is 11.2 Å². The summed E-state index contributed by atoms with van der Waals surface area (Å²) in [6.07, 6.45) is 4.94. The fourth-order valence-electron chi connectivity index (χ4n) is 2.42. The van der Waals surface area contributed by atoms with Gasteiger partial charge >= 0.3 is 0 Å². The van der Waals surface area contributed by atoms with Gasteiger partial charge in [-0.05, 0) is 42.6 Å². The molecule has 1 aromatic heterocycles. The van der Waals surface area contributed by atoms with Crippen LogP contribution in [-0.2, 0) is 22.4 Å². The Bertz CT molecular complexity index is 817. The highest BCUT2D eigenvalue weighted by molar-refractivity contribution is 7.90. The van der Waals surface area contributed by atoms with Gasteiger partial charge in [-0.25, -0.2) is 4.21 Å². The minimum atomic E-state index is -1.35. The molecule has 0 spiro atoms. The Morgan fingerprint density at radius 3 is 2.74 bits per heavy atom. The van der Waals surface area contributed by atoms with Crippen LogP contribution in [0.5, 0.6) is 0 Å². The zero-order valence-electron chi connectivity index (χ0n) is 12.7. The summed E-state index contributed by atoms with van der Waals surface area (Å²) in [5, 5.41) is 3.74. The number of hydrogen-bond acceptors (Lipinski definition) is 5. The van der Waals surface area contributed by atoms with Crippen LogP contribution in [0, 0.1) is 0 Å². The molecule has 5 nitrogen and oxygen atoms in total. The van der Waals surface area contributed by atoms with Gasteiger partial charge < -0.3 is 9.08 Å². The lowest BCUT2D eigenvalue weighted by atomic mass is 10.0. The third-order valence-corrected chi connectivity index (χ3v) is 5.30. The van der Waals surface area contributed by atoms with Gasteiger partial charge in [0.15, 0.2) is 10.7 Å². The van der Waals surface area contributed by atoms with Gasteiger partial charge in [-0.3, -0.25) is 4.79 Å². The molecular weight excluding hydrogens is 334 g/mol. The summed E-state index contributed by atoms with van der Waals surface area (Å²) in [5.74, 6) is 0.640. The van der Waals surface area contributed by atoms with Crippen molar-refractivity contribution in [2.24, 2.45) is 0 Å². The van der Waals surface area contributed by atoms with E-state index in [1.165, 1.54) is 12.5 Å². The third kappa shape index (κ3) is 3.17. The van der Waals surface area contributed by atoms with Crippen LogP contribution in [0.1, 0.15) is 52.9 Å². The molecule has 2 aromatic rings. The molecule has 0 radical (unpaired) electrons. The van der Waals surface area contributed by atoms with Crippen molar-refractivity contribution >= 4 is 33.1 Å². The summed E-state index contributed by atoms with van der Waals surface area (Å²) in [6, 6.07) is 4.97. The number of hydrogen-bond donors (Lipinski definition) is 0. The molecule has 1 fully saturated rings. The van der Waals surface area contributed by atoms with E-state index < -0.39 is 11.2 Å². The van der Waals surface area contributed by atoms with Crippen molar-refractivity contribution < 1.29 is 18.1 Å². The molecule has 1 atom stereocenters. The molecule has 0 aliphatic heterocycles. The van der Waals surface area contributed by atoms with Gasteiger partial charge in [0.25, 0.3) is 0 Å². The summed E-state index contributed by atoms with van der Waals surface area (Å²) in [4.78, 5) is 13.8. The smallest absolute Gasteiger partial charge is 0.203 e. The number of carbonyl (C=O) groups is 1. The van der Waals surface area contributed by atoms with Gasteiger partial charge in [-0.2, -0.15) is 0 Å². The maximum atomic E-state index is 12.8. The molecule has 1 unspecified atom stereocenters. The summed E-state index contributed by atoms with van der Waals surface area (Å²) >= 11 is -0.967. The lowest BCUT2D eigenvalue weighted by Crippen LogP contribution is -2.11. The first-order valence-electron chi connectivity index (χ1n) is 7.13. The number of rotatable bonds is 5. The number of nitrogens with zero attached hydrogens (tertiary/aromatic N) is 1. The Labute approximate surface area is 140 Å². The first kappa shape index (κ1) is 16.2. The predicted molar refractivity (Wildman–Crippen MR) is 88.6 cm³/mol. The standard InChI is InChI=1S/C16H15NO4S2/c1-9(22-19)11-5-6-12(14(7-11)23(2)20)15(18)13-8-17-21-16(13)10-3-4-10/h5-8,10H,3-4H2,1-2H3. The fourth-order valence-corrected chi connectivity index (χ4v) is 3.41. The topological polar surface area (TPSA) is 83.2 Å². The van der Waals surface area contributed by atoms with Crippen molar-refractivity contribution in [3.63, 3.8) is 0 Å². The number of carbonyl (C=O) groups excluding carboxylic acids is 1. The first-order chi connectivity index (χ1) is 11.0. The first-order valence-corrected chi connectivity index (χ1v) is 9.43. The van der Waals surface area contributed by atoms with Crippen LogP contribution in [0.4, 0.5) is 0 Å². The fraction of sp³-hybridized carbons (Fsp3) is 0.312. The molecule has 7 heteroatoms. The van der Waals surface area contributed by atoms with Gasteiger partial charge in [0.2, 0.25) is 5.78 Å². The largest absolute Gasteiger partial charge is 0.612 e. The maximum absolute atomic E-state index is 12.8. The average molecular weight is 349 g/mol. The highest BCUT2D eigenvalue weighted by Crippen LogP contribution is 2.42. The number of benzene rings is 1. The van der Waals surface area contributed by atoms with Crippen LogP contribution in [0.3, 0.4) is 0 Å². The van der Waals surface area contributed by atoms with Crippen LogP contribution >= 0.6 is 0 Å². The van der Waals surface area contributed by atoms with E-state index >= 15 is 0 Å². The van der Waals surface area contributed by atoms with Gasteiger partial charge in [0, 0.05) is 16.8 Å². The normalized spacial score (nSPS) is 15.3. The van der Waals surface area contributed by atoms with E-state index in [-0.39, 0.29) is 11.7 Å². The monoisotopic (exact) mass is 349 g/mol. The summed E-state index contributed by atoms with van der Waals surface area (Å²) < 4.78 is 28.2. The molecule has 1 aliphatic carbocycles. The van der Waals surface area contributed by atoms with Gasteiger partial charge in [0.05, 0.1) is 28.6 Å². The molecule has 120 valence electrons. The third-order valence-electron chi connectivity index (χ3n) is 3.86. The lowest BCUT2D eigenvalue weighted by molar-refractivity contribution is 0.103. The van der Waals surface area contributed by atoms with E-state index in [1.54, 1.807) is 25.1 Å². The van der Waals surface area contributed by atoms with Crippen LogP contribution < -0.4 is 0 Å². The molecule has 0 bridgehead atoms. The molecule has 0 amide bonds. The Balaban J connectivity index is 2.06. The van der Waals surface area contributed by atoms with E-state index in [4.69, 9.17) is 4.52 Å². The van der Waals surface area contributed by atoms with Crippen molar-refractivity contribution in [1.82, 2.24) is 5.16 Å². The molecule has 1 aromatic carbocycles. The minimum Gasteiger partial charge on any atom is -0.612 e. The molecular formula is C16H15NO4S2. The van der Waals surface area contributed by atoms with Crippen LogP contribution in [0.15, 0.2) is 33.8 Å². The Hall–Kier alpha value is -1.70.